The zero-order chi connectivity index (χ0) is 10.7. The maximum Gasteiger partial charge on any atom is 0.140 e. The van der Waals surface area contributed by atoms with Gasteiger partial charge in [-0.15, -0.1) is 0 Å². The van der Waals surface area contributed by atoms with Crippen molar-refractivity contribution in [1.82, 2.24) is 9.97 Å². The summed E-state index contributed by atoms with van der Waals surface area (Å²) in [6, 6.07) is 9.51. The van der Waals surface area contributed by atoms with Crippen molar-refractivity contribution in [2.24, 2.45) is 0 Å². The fourth-order valence-electron chi connectivity index (χ4n) is 1.41. The molecule has 0 N–H and O–H groups in total. The Kier molecular flexibility index (Phi) is 2.42. The van der Waals surface area contributed by atoms with E-state index in [1.165, 1.54) is 0 Å². The van der Waals surface area contributed by atoms with Crippen LogP contribution in [0.4, 0.5) is 0 Å². The Morgan fingerprint density at radius 3 is 2.73 bits per heavy atom. The number of aromatic nitrogens is 2. The molecule has 72 valence electrons. The van der Waals surface area contributed by atoms with Gasteiger partial charge >= 0.3 is 0 Å². The Morgan fingerprint density at radius 2 is 2.13 bits per heavy atom. The minimum absolute atomic E-state index is 0.437. The number of rotatable bonds is 1. The third-order valence-electron chi connectivity index (χ3n) is 2.17. The second-order valence-electron chi connectivity index (χ2n) is 3.21. The van der Waals surface area contributed by atoms with Crippen LogP contribution in [0.1, 0.15) is 11.3 Å². The third kappa shape index (κ3) is 1.84. The number of pyridine rings is 2. The molecule has 0 radical (unpaired) electrons. The zero-order valence-electron chi connectivity index (χ0n) is 8.31. The van der Waals surface area contributed by atoms with Crippen LogP contribution in [-0.2, 0) is 0 Å². The highest BCUT2D eigenvalue weighted by Crippen LogP contribution is 2.19. The molecular formula is C12H9N3. The lowest BCUT2D eigenvalue weighted by Crippen LogP contribution is -1.90. The molecule has 0 aliphatic rings. The van der Waals surface area contributed by atoms with Gasteiger partial charge in [0.05, 0.1) is 5.69 Å². The molecule has 2 rings (SSSR count). The predicted octanol–water partition coefficient (Wildman–Crippen LogP) is 2.32. The van der Waals surface area contributed by atoms with E-state index in [1.807, 2.05) is 31.2 Å². The number of nitriles is 1. The summed E-state index contributed by atoms with van der Waals surface area (Å²) in [6.07, 6.45) is 3.43. The summed E-state index contributed by atoms with van der Waals surface area (Å²) in [7, 11) is 0. The van der Waals surface area contributed by atoms with Gasteiger partial charge in [0, 0.05) is 18.0 Å². The topological polar surface area (TPSA) is 49.6 Å². The second kappa shape index (κ2) is 3.89. The van der Waals surface area contributed by atoms with Crippen molar-refractivity contribution >= 4 is 0 Å². The predicted molar refractivity (Wildman–Crippen MR) is 56.9 cm³/mol. The summed E-state index contributed by atoms with van der Waals surface area (Å²) in [4.78, 5) is 8.28. The first-order valence-electron chi connectivity index (χ1n) is 4.59. The van der Waals surface area contributed by atoms with Gasteiger partial charge in [0.25, 0.3) is 0 Å². The van der Waals surface area contributed by atoms with Crippen molar-refractivity contribution in [3.8, 4) is 17.3 Å². The van der Waals surface area contributed by atoms with Crippen LogP contribution in [0.15, 0.2) is 36.7 Å². The standard InChI is InChI=1S/C12H9N3/c1-9-6-10(7-13)15-8-11(9)12-4-2-3-5-14-12/h2-6,8H,1H3. The normalized spacial score (nSPS) is 9.60. The van der Waals surface area contributed by atoms with E-state index in [9.17, 15) is 0 Å². The van der Waals surface area contributed by atoms with Crippen LogP contribution >= 0.6 is 0 Å². The average Bonchev–Trinajstić information content (AvgIpc) is 2.30. The lowest BCUT2D eigenvalue weighted by Gasteiger charge is -2.03. The number of hydrogen-bond acceptors (Lipinski definition) is 3. The quantitative estimate of drug-likeness (QED) is 0.701. The fraction of sp³-hybridized carbons (Fsp3) is 0.0833. The average molecular weight is 195 g/mol. The minimum Gasteiger partial charge on any atom is -0.256 e. The Morgan fingerprint density at radius 1 is 1.27 bits per heavy atom. The third-order valence-corrected chi connectivity index (χ3v) is 2.17. The fourth-order valence-corrected chi connectivity index (χ4v) is 1.41. The molecule has 0 unspecified atom stereocenters. The lowest BCUT2D eigenvalue weighted by atomic mass is 10.1. The Bertz CT molecular complexity index is 512. The van der Waals surface area contributed by atoms with E-state index in [4.69, 9.17) is 5.26 Å². The first-order chi connectivity index (χ1) is 7.31. The van der Waals surface area contributed by atoms with Crippen molar-refractivity contribution in [3.63, 3.8) is 0 Å². The molecule has 0 saturated heterocycles. The molecule has 3 heteroatoms. The number of aryl methyl sites for hydroxylation is 1. The molecule has 0 aliphatic heterocycles. The van der Waals surface area contributed by atoms with Gasteiger partial charge < -0.3 is 0 Å². The molecule has 0 atom stereocenters. The van der Waals surface area contributed by atoms with E-state index in [0.29, 0.717) is 5.69 Å². The Balaban J connectivity index is 2.52. The summed E-state index contributed by atoms with van der Waals surface area (Å²) in [5, 5.41) is 8.70. The second-order valence-corrected chi connectivity index (χ2v) is 3.21. The van der Waals surface area contributed by atoms with E-state index < -0.39 is 0 Å². The van der Waals surface area contributed by atoms with E-state index in [1.54, 1.807) is 18.5 Å². The van der Waals surface area contributed by atoms with Gasteiger partial charge in [0.1, 0.15) is 11.8 Å². The molecule has 0 aliphatic carbocycles. The van der Waals surface area contributed by atoms with Gasteiger partial charge in [-0.1, -0.05) is 6.07 Å². The minimum atomic E-state index is 0.437. The van der Waals surface area contributed by atoms with Gasteiger partial charge in [0.2, 0.25) is 0 Å². The molecule has 15 heavy (non-hydrogen) atoms. The molecule has 0 amide bonds. The number of hydrogen-bond donors (Lipinski definition) is 0. The maximum atomic E-state index is 8.70. The van der Waals surface area contributed by atoms with E-state index >= 15 is 0 Å². The van der Waals surface area contributed by atoms with E-state index in [-0.39, 0.29) is 0 Å². The molecule has 3 nitrogen and oxygen atoms in total. The highest BCUT2D eigenvalue weighted by molar-refractivity contribution is 5.62. The first kappa shape index (κ1) is 9.35. The first-order valence-corrected chi connectivity index (χ1v) is 4.59. The monoisotopic (exact) mass is 195 g/mol. The van der Waals surface area contributed by atoms with Crippen LogP contribution in [-0.4, -0.2) is 9.97 Å². The molecule has 2 aromatic rings. The lowest BCUT2D eigenvalue weighted by molar-refractivity contribution is 1.21. The molecule has 0 saturated carbocycles. The van der Waals surface area contributed by atoms with Crippen LogP contribution in [0.2, 0.25) is 0 Å². The van der Waals surface area contributed by atoms with Gasteiger partial charge in [-0.3, -0.25) is 4.98 Å². The summed E-state index contributed by atoms with van der Waals surface area (Å²) in [6.45, 7) is 1.95. The van der Waals surface area contributed by atoms with Crippen LogP contribution in [0.3, 0.4) is 0 Å². The molecule has 0 fully saturated rings. The highest BCUT2D eigenvalue weighted by atomic mass is 14.7. The summed E-state index contributed by atoms with van der Waals surface area (Å²) in [5.74, 6) is 0. The smallest absolute Gasteiger partial charge is 0.140 e. The maximum absolute atomic E-state index is 8.70. The Hall–Kier alpha value is -2.21. The van der Waals surface area contributed by atoms with Crippen molar-refractivity contribution < 1.29 is 0 Å². The molecule has 0 bridgehead atoms. The largest absolute Gasteiger partial charge is 0.256 e. The van der Waals surface area contributed by atoms with Crippen molar-refractivity contribution in [3.05, 3.63) is 47.9 Å². The summed E-state index contributed by atoms with van der Waals surface area (Å²) >= 11 is 0. The van der Waals surface area contributed by atoms with Crippen molar-refractivity contribution in [1.29, 1.82) is 5.26 Å². The summed E-state index contributed by atoms with van der Waals surface area (Å²) in [5.41, 5.74) is 3.30. The highest BCUT2D eigenvalue weighted by Gasteiger charge is 2.03. The SMILES string of the molecule is Cc1cc(C#N)ncc1-c1ccccn1. The summed E-state index contributed by atoms with van der Waals surface area (Å²) < 4.78 is 0. The van der Waals surface area contributed by atoms with Crippen LogP contribution < -0.4 is 0 Å². The molecule has 2 heterocycles. The van der Waals surface area contributed by atoms with E-state index in [0.717, 1.165) is 16.8 Å². The molecule has 0 aromatic carbocycles. The Labute approximate surface area is 88.1 Å². The number of nitrogens with zero attached hydrogens (tertiary/aromatic N) is 3. The van der Waals surface area contributed by atoms with Gasteiger partial charge in [-0.25, -0.2) is 4.98 Å². The van der Waals surface area contributed by atoms with Crippen molar-refractivity contribution in [2.45, 2.75) is 6.92 Å². The molecule has 2 aromatic heterocycles. The van der Waals surface area contributed by atoms with Crippen LogP contribution in [0.25, 0.3) is 11.3 Å². The van der Waals surface area contributed by atoms with Gasteiger partial charge in [-0.05, 0) is 30.7 Å². The molecular weight excluding hydrogens is 186 g/mol. The van der Waals surface area contributed by atoms with Gasteiger partial charge in [0.15, 0.2) is 0 Å². The van der Waals surface area contributed by atoms with Gasteiger partial charge in [-0.2, -0.15) is 5.26 Å². The van der Waals surface area contributed by atoms with Crippen LogP contribution in [0, 0.1) is 18.3 Å². The molecule has 0 spiro atoms. The van der Waals surface area contributed by atoms with Crippen molar-refractivity contribution in [2.75, 3.05) is 0 Å². The van der Waals surface area contributed by atoms with E-state index in [2.05, 4.69) is 9.97 Å². The van der Waals surface area contributed by atoms with Crippen LogP contribution in [0.5, 0.6) is 0 Å². The zero-order valence-corrected chi connectivity index (χ0v) is 8.31.